The van der Waals surface area contributed by atoms with Crippen LogP contribution in [0.4, 0.5) is 4.79 Å². The normalized spacial score (nSPS) is 20.1. The van der Waals surface area contributed by atoms with Gasteiger partial charge in [-0.2, -0.15) is 0 Å². The number of nitrogens with zero attached hydrogens (tertiary/aromatic N) is 1. The standard InChI is InChI=1S/C18H24N2O2/c21-13-5-12-20(18(22)19-15-7-2-3-8-15)17-11-10-14-6-1-4-9-16(14)17/h1-4,6,9,15,17,21H,5,7-8,10-13H2,(H,19,22). The molecule has 1 aromatic carbocycles. The van der Waals surface area contributed by atoms with E-state index in [2.05, 4.69) is 35.7 Å². The molecule has 0 saturated carbocycles. The SMILES string of the molecule is O=C(NC1CC=CC1)N(CCCO)C1CCc2ccccc21. The van der Waals surface area contributed by atoms with Gasteiger partial charge in [0.25, 0.3) is 0 Å². The molecule has 2 N–H and O–H groups in total. The maximum absolute atomic E-state index is 12.7. The molecule has 4 nitrogen and oxygen atoms in total. The summed E-state index contributed by atoms with van der Waals surface area (Å²) in [5.74, 6) is 0. The van der Waals surface area contributed by atoms with Gasteiger partial charge in [-0.3, -0.25) is 0 Å². The average molecular weight is 300 g/mol. The van der Waals surface area contributed by atoms with Crippen LogP contribution in [0.5, 0.6) is 0 Å². The van der Waals surface area contributed by atoms with E-state index in [1.807, 2.05) is 11.0 Å². The highest BCUT2D eigenvalue weighted by Gasteiger charge is 2.31. The van der Waals surface area contributed by atoms with Crippen molar-refractivity contribution in [1.29, 1.82) is 0 Å². The number of rotatable bonds is 5. The molecule has 0 spiro atoms. The summed E-state index contributed by atoms with van der Waals surface area (Å²) in [6.07, 6.45) is 8.69. The zero-order valence-electron chi connectivity index (χ0n) is 12.9. The van der Waals surface area contributed by atoms with Crippen molar-refractivity contribution in [3.8, 4) is 0 Å². The lowest BCUT2D eigenvalue weighted by molar-refractivity contribution is 0.162. The molecule has 1 atom stereocenters. The second-order valence-corrected chi connectivity index (χ2v) is 6.11. The Morgan fingerprint density at radius 3 is 2.82 bits per heavy atom. The van der Waals surface area contributed by atoms with Gasteiger partial charge in [0.05, 0.1) is 6.04 Å². The minimum atomic E-state index is 0.00357. The molecule has 0 aromatic heterocycles. The van der Waals surface area contributed by atoms with Gasteiger partial charge in [0.1, 0.15) is 0 Å². The molecule has 2 aliphatic carbocycles. The fourth-order valence-electron chi connectivity index (χ4n) is 3.49. The number of hydrogen-bond acceptors (Lipinski definition) is 2. The van der Waals surface area contributed by atoms with Gasteiger partial charge in [0, 0.05) is 19.2 Å². The smallest absolute Gasteiger partial charge is 0.318 e. The first-order valence-corrected chi connectivity index (χ1v) is 8.20. The number of amides is 2. The van der Waals surface area contributed by atoms with Gasteiger partial charge in [0.2, 0.25) is 0 Å². The monoisotopic (exact) mass is 300 g/mol. The largest absolute Gasteiger partial charge is 0.396 e. The van der Waals surface area contributed by atoms with Crippen LogP contribution in [0.25, 0.3) is 0 Å². The van der Waals surface area contributed by atoms with Gasteiger partial charge >= 0.3 is 6.03 Å². The summed E-state index contributed by atoms with van der Waals surface area (Å²) in [6, 6.07) is 8.74. The second-order valence-electron chi connectivity index (χ2n) is 6.11. The van der Waals surface area contributed by atoms with Crippen molar-refractivity contribution in [2.24, 2.45) is 0 Å². The number of carbonyl (C=O) groups is 1. The van der Waals surface area contributed by atoms with Crippen LogP contribution in [0.3, 0.4) is 0 Å². The predicted molar refractivity (Wildman–Crippen MR) is 86.6 cm³/mol. The number of aryl methyl sites for hydroxylation is 1. The molecule has 4 heteroatoms. The first kappa shape index (κ1) is 15.1. The molecule has 2 aliphatic rings. The summed E-state index contributed by atoms with van der Waals surface area (Å²) in [7, 11) is 0. The van der Waals surface area contributed by atoms with E-state index in [-0.39, 0.29) is 24.7 Å². The summed E-state index contributed by atoms with van der Waals surface area (Å²) < 4.78 is 0. The van der Waals surface area contributed by atoms with E-state index in [4.69, 9.17) is 5.11 Å². The highest BCUT2D eigenvalue weighted by Crippen LogP contribution is 2.35. The van der Waals surface area contributed by atoms with E-state index in [1.165, 1.54) is 11.1 Å². The molecule has 0 aliphatic heterocycles. The van der Waals surface area contributed by atoms with Crippen molar-refractivity contribution in [2.75, 3.05) is 13.2 Å². The first-order valence-electron chi connectivity index (χ1n) is 8.20. The second kappa shape index (κ2) is 6.97. The fraction of sp³-hybridized carbons (Fsp3) is 0.500. The molecule has 0 saturated heterocycles. The maximum atomic E-state index is 12.7. The van der Waals surface area contributed by atoms with Crippen LogP contribution in [0, 0.1) is 0 Å². The van der Waals surface area contributed by atoms with Crippen molar-refractivity contribution in [3.05, 3.63) is 47.5 Å². The number of hydrogen-bond donors (Lipinski definition) is 2. The van der Waals surface area contributed by atoms with Crippen LogP contribution in [-0.4, -0.2) is 35.2 Å². The van der Waals surface area contributed by atoms with Crippen LogP contribution in [0.2, 0.25) is 0 Å². The van der Waals surface area contributed by atoms with E-state index in [9.17, 15) is 4.79 Å². The van der Waals surface area contributed by atoms with Gasteiger partial charge < -0.3 is 15.3 Å². The summed E-state index contributed by atoms with van der Waals surface area (Å²) >= 11 is 0. The average Bonchev–Trinajstić information content (AvgIpc) is 3.18. The Hall–Kier alpha value is -1.81. The number of urea groups is 1. The molecule has 0 heterocycles. The molecule has 118 valence electrons. The number of benzene rings is 1. The van der Waals surface area contributed by atoms with Crippen LogP contribution in [0.15, 0.2) is 36.4 Å². The van der Waals surface area contributed by atoms with Crippen LogP contribution < -0.4 is 5.32 Å². The topological polar surface area (TPSA) is 52.6 Å². The quantitative estimate of drug-likeness (QED) is 0.822. The molecule has 0 radical (unpaired) electrons. The summed E-state index contributed by atoms with van der Waals surface area (Å²) in [6.45, 7) is 0.713. The van der Waals surface area contributed by atoms with E-state index >= 15 is 0 Å². The van der Waals surface area contributed by atoms with Gasteiger partial charge in [-0.25, -0.2) is 4.79 Å². The van der Waals surface area contributed by atoms with Crippen molar-refractivity contribution in [2.45, 2.75) is 44.2 Å². The van der Waals surface area contributed by atoms with Crippen LogP contribution in [-0.2, 0) is 6.42 Å². The molecule has 3 rings (SSSR count). The van der Waals surface area contributed by atoms with Crippen molar-refractivity contribution in [3.63, 3.8) is 0 Å². The minimum absolute atomic E-state index is 0.00357. The highest BCUT2D eigenvalue weighted by molar-refractivity contribution is 5.75. The van der Waals surface area contributed by atoms with Crippen molar-refractivity contribution >= 4 is 6.03 Å². The molecule has 0 fully saturated rings. The Bertz CT molecular complexity index is 548. The third-order valence-electron chi connectivity index (χ3n) is 4.63. The number of nitrogens with one attached hydrogen (secondary N) is 1. The maximum Gasteiger partial charge on any atom is 0.318 e. The summed E-state index contributed by atoms with van der Waals surface area (Å²) in [5.41, 5.74) is 2.61. The van der Waals surface area contributed by atoms with E-state index < -0.39 is 0 Å². The van der Waals surface area contributed by atoms with Crippen molar-refractivity contribution in [1.82, 2.24) is 10.2 Å². The number of aliphatic hydroxyl groups is 1. The molecule has 2 amide bonds. The van der Waals surface area contributed by atoms with E-state index in [0.717, 1.165) is 25.7 Å². The fourth-order valence-corrected chi connectivity index (χ4v) is 3.49. The zero-order chi connectivity index (χ0) is 15.4. The van der Waals surface area contributed by atoms with Gasteiger partial charge in [-0.15, -0.1) is 0 Å². The lowest BCUT2D eigenvalue weighted by Gasteiger charge is -2.31. The lowest BCUT2D eigenvalue weighted by atomic mass is 10.1. The van der Waals surface area contributed by atoms with Crippen molar-refractivity contribution < 1.29 is 9.90 Å². The Balaban J connectivity index is 1.73. The minimum Gasteiger partial charge on any atom is -0.396 e. The van der Waals surface area contributed by atoms with E-state index in [0.29, 0.717) is 13.0 Å². The predicted octanol–water partition coefficient (Wildman–Crippen LogP) is 2.79. The lowest BCUT2D eigenvalue weighted by Crippen LogP contribution is -2.46. The Morgan fingerprint density at radius 1 is 1.27 bits per heavy atom. The molecular weight excluding hydrogens is 276 g/mol. The molecule has 1 unspecified atom stereocenters. The zero-order valence-corrected chi connectivity index (χ0v) is 12.9. The van der Waals surface area contributed by atoms with E-state index in [1.54, 1.807) is 0 Å². The highest BCUT2D eigenvalue weighted by atomic mass is 16.3. The number of fused-ring (bicyclic) bond motifs is 1. The molecule has 0 bridgehead atoms. The van der Waals surface area contributed by atoms with Gasteiger partial charge in [0.15, 0.2) is 0 Å². The Labute approximate surface area is 131 Å². The molecule has 22 heavy (non-hydrogen) atoms. The van der Waals surface area contributed by atoms with Gasteiger partial charge in [-0.1, -0.05) is 36.4 Å². The molecular formula is C18H24N2O2. The Morgan fingerprint density at radius 2 is 2.05 bits per heavy atom. The summed E-state index contributed by atoms with van der Waals surface area (Å²) in [4.78, 5) is 14.6. The first-order chi connectivity index (χ1) is 10.8. The van der Waals surface area contributed by atoms with Crippen LogP contribution >= 0.6 is 0 Å². The summed E-state index contributed by atoms with van der Waals surface area (Å²) in [5, 5.41) is 12.3. The number of carbonyl (C=O) groups excluding carboxylic acids is 1. The number of aliphatic hydroxyl groups excluding tert-OH is 1. The van der Waals surface area contributed by atoms with Crippen LogP contribution in [0.1, 0.15) is 42.9 Å². The molecule has 1 aromatic rings. The van der Waals surface area contributed by atoms with Gasteiger partial charge in [-0.05, 0) is 43.2 Å². The third kappa shape index (κ3) is 3.17. The Kier molecular flexibility index (Phi) is 4.78. The third-order valence-corrected chi connectivity index (χ3v) is 4.63.